The van der Waals surface area contributed by atoms with Gasteiger partial charge in [0.25, 0.3) is 0 Å². The monoisotopic (exact) mass is 291 g/mol. The Bertz CT molecular complexity index is 576. The molecule has 0 fully saturated rings. The first kappa shape index (κ1) is 15.5. The molecule has 0 aliphatic rings. The number of hydrogen-bond donors (Lipinski definition) is 2. The Hall–Kier alpha value is -1.58. The molecular weight excluding hydrogens is 277 g/mol. The van der Waals surface area contributed by atoms with Crippen LogP contribution in [-0.2, 0) is 10.0 Å². The predicted octanol–water partition coefficient (Wildman–Crippen LogP) is 0.750. The van der Waals surface area contributed by atoms with E-state index in [2.05, 4.69) is 4.72 Å². The average molecular weight is 291 g/mol. The zero-order valence-electron chi connectivity index (χ0n) is 10.2. The quantitative estimate of drug-likeness (QED) is 0.592. The molecule has 0 spiro atoms. The summed E-state index contributed by atoms with van der Waals surface area (Å²) in [4.78, 5) is 9.19. The van der Waals surface area contributed by atoms with Crippen LogP contribution in [0.5, 0.6) is 0 Å². The summed E-state index contributed by atoms with van der Waals surface area (Å²) in [6.45, 7) is 1.80. The van der Waals surface area contributed by atoms with E-state index in [0.29, 0.717) is 12.5 Å². The fourth-order valence-corrected chi connectivity index (χ4v) is 2.36. The van der Waals surface area contributed by atoms with E-state index >= 15 is 0 Å². The zero-order chi connectivity index (χ0) is 14.6. The molecule has 1 atom stereocenters. The van der Waals surface area contributed by atoms with Gasteiger partial charge in [-0.05, 0) is 18.6 Å². The van der Waals surface area contributed by atoms with Crippen LogP contribution in [0.25, 0.3) is 0 Å². The molecule has 1 aromatic carbocycles. The molecule has 0 aromatic heterocycles. The molecule has 3 N–H and O–H groups in total. The minimum absolute atomic E-state index is 0.00398. The highest BCUT2D eigenvalue weighted by Gasteiger charge is 2.21. The van der Waals surface area contributed by atoms with E-state index in [1.807, 2.05) is 0 Å². The van der Waals surface area contributed by atoms with Crippen LogP contribution in [0.2, 0.25) is 0 Å². The second-order valence-corrected chi connectivity index (χ2v) is 5.66. The lowest BCUT2D eigenvalue weighted by Gasteiger charge is -2.10. The molecule has 0 aliphatic carbocycles. The smallest absolute Gasteiger partial charge is 0.306 e. The molecule has 1 unspecified atom stereocenters. The van der Waals surface area contributed by atoms with Crippen LogP contribution in [0.15, 0.2) is 23.1 Å². The van der Waals surface area contributed by atoms with E-state index < -0.39 is 26.5 Å². The van der Waals surface area contributed by atoms with Crippen molar-refractivity contribution in [3.05, 3.63) is 34.1 Å². The van der Waals surface area contributed by atoms with Gasteiger partial charge < -0.3 is 5.73 Å². The minimum atomic E-state index is -3.94. The normalized spacial score (nSPS) is 13.2. The summed E-state index contributed by atoms with van der Waals surface area (Å²) >= 11 is 0. The van der Waals surface area contributed by atoms with Crippen LogP contribution in [0.4, 0.5) is 10.1 Å². The van der Waals surface area contributed by atoms with Crippen LogP contribution in [-0.4, -0.2) is 25.9 Å². The van der Waals surface area contributed by atoms with Crippen LogP contribution < -0.4 is 10.5 Å². The lowest BCUT2D eigenvalue weighted by molar-refractivity contribution is -0.387. The molecule has 19 heavy (non-hydrogen) atoms. The standard InChI is InChI=1S/C10H14FN3O4S/c1-2-7(12)6-13-19(17,18)8-3-4-9(11)10(5-8)14(15)16/h3-5,7,13H,2,6,12H2,1H3. The van der Waals surface area contributed by atoms with E-state index in [9.17, 15) is 22.9 Å². The highest BCUT2D eigenvalue weighted by Crippen LogP contribution is 2.21. The van der Waals surface area contributed by atoms with Crippen LogP contribution >= 0.6 is 0 Å². The number of nitrogens with zero attached hydrogens (tertiary/aromatic N) is 1. The first-order valence-electron chi connectivity index (χ1n) is 5.47. The van der Waals surface area contributed by atoms with Crippen molar-refractivity contribution >= 4 is 15.7 Å². The fourth-order valence-electron chi connectivity index (χ4n) is 1.24. The van der Waals surface area contributed by atoms with Gasteiger partial charge in [-0.25, -0.2) is 13.1 Å². The average Bonchev–Trinajstić information content (AvgIpc) is 2.35. The zero-order valence-corrected chi connectivity index (χ0v) is 11.0. The minimum Gasteiger partial charge on any atom is -0.327 e. The van der Waals surface area contributed by atoms with E-state index in [1.54, 1.807) is 6.92 Å². The Balaban J connectivity index is 3.02. The van der Waals surface area contributed by atoms with Crippen molar-refractivity contribution in [1.29, 1.82) is 0 Å². The first-order chi connectivity index (χ1) is 8.77. The number of halogens is 1. The summed E-state index contributed by atoms with van der Waals surface area (Å²) in [6.07, 6.45) is 0.575. The van der Waals surface area contributed by atoms with E-state index in [-0.39, 0.29) is 17.5 Å². The number of sulfonamides is 1. The number of hydrogen-bond acceptors (Lipinski definition) is 5. The van der Waals surface area contributed by atoms with Crippen molar-refractivity contribution in [2.75, 3.05) is 6.54 Å². The number of nitrogens with two attached hydrogens (primary N) is 1. The van der Waals surface area contributed by atoms with Crippen molar-refractivity contribution in [3.8, 4) is 0 Å². The van der Waals surface area contributed by atoms with Crippen molar-refractivity contribution in [1.82, 2.24) is 4.72 Å². The van der Waals surface area contributed by atoms with Gasteiger partial charge in [-0.1, -0.05) is 6.92 Å². The highest BCUT2D eigenvalue weighted by atomic mass is 32.2. The Kier molecular flexibility index (Phi) is 4.92. The van der Waals surface area contributed by atoms with Gasteiger partial charge in [0.15, 0.2) is 0 Å². The Morgan fingerprint density at radius 1 is 1.53 bits per heavy atom. The highest BCUT2D eigenvalue weighted by molar-refractivity contribution is 7.89. The summed E-state index contributed by atoms with van der Waals surface area (Å²) in [5, 5.41) is 10.5. The molecule has 0 saturated carbocycles. The van der Waals surface area contributed by atoms with Gasteiger partial charge in [0.05, 0.1) is 9.82 Å². The largest absolute Gasteiger partial charge is 0.327 e. The molecule has 9 heteroatoms. The van der Waals surface area contributed by atoms with Gasteiger partial charge in [-0.3, -0.25) is 10.1 Å². The van der Waals surface area contributed by atoms with Gasteiger partial charge in [0, 0.05) is 18.7 Å². The molecule has 1 aromatic rings. The van der Waals surface area contributed by atoms with Crippen molar-refractivity contribution in [2.45, 2.75) is 24.3 Å². The van der Waals surface area contributed by atoms with Gasteiger partial charge in [-0.15, -0.1) is 0 Å². The van der Waals surface area contributed by atoms with Gasteiger partial charge in [0.2, 0.25) is 15.8 Å². The van der Waals surface area contributed by atoms with E-state index in [0.717, 1.165) is 12.1 Å². The first-order valence-corrected chi connectivity index (χ1v) is 6.95. The Morgan fingerprint density at radius 3 is 2.68 bits per heavy atom. The lowest BCUT2D eigenvalue weighted by Crippen LogP contribution is -2.36. The maximum atomic E-state index is 13.1. The molecule has 0 bridgehead atoms. The summed E-state index contributed by atoms with van der Waals surface area (Å²) < 4.78 is 39.0. The summed E-state index contributed by atoms with van der Waals surface area (Å²) in [6, 6.07) is 2.02. The van der Waals surface area contributed by atoms with Crippen molar-refractivity contribution in [3.63, 3.8) is 0 Å². The van der Waals surface area contributed by atoms with E-state index in [4.69, 9.17) is 5.73 Å². The summed E-state index contributed by atoms with van der Waals surface area (Å²) in [7, 11) is -3.94. The second kappa shape index (κ2) is 6.04. The molecule has 106 valence electrons. The molecule has 0 heterocycles. The predicted molar refractivity (Wildman–Crippen MR) is 66.5 cm³/mol. The third-order valence-corrected chi connectivity index (χ3v) is 3.91. The molecule has 0 amide bonds. The summed E-state index contributed by atoms with van der Waals surface area (Å²) in [5.41, 5.74) is 4.68. The van der Waals surface area contributed by atoms with Crippen molar-refractivity contribution < 1.29 is 17.7 Å². The number of nitrogens with one attached hydrogen (secondary N) is 1. The molecule has 0 saturated heterocycles. The van der Waals surface area contributed by atoms with E-state index in [1.165, 1.54) is 0 Å². The number of benzene rings is 1. The maximum absolute atomic E-state index is 13.1. The van der Waals surface area contributed by atoms with Crippen LogP contribution in [0.3, 0.4) is 0 Å². The van der Waals surface area contributed by atoms with Crippen LogP contribution in [0, 0.1) is 15.9 Å². The third kappa shape index (κ3) is 3.94. The van der Waals surface area contributed by atoms with Gasteiger partial charge >= 0.3 is 5.69 Å². The summed E-state index contributed by atoms with van der Waals surface area (Å²) in [5.74, 6) is -1.09. The molecular formula is C10H14FN3O4S. The number of rotatable bonds is 6. The molecule has 1 rings (SSSR count). The Labute approximate surface area is 109 Å². The van der Waals surface area contributed by atoms with Gasteiger partial charge in [-0.2, -0.15) is 4.39 Å². The number of nitro benzene ring substituents is 1. The SMILES string of the molecule is CCC(N)CNS(=O)(=O)c1ccc(F)c([N+](=O)[O-])c1. The second-order valence-electron chi connectivity index (χ2n) is 3.89. The molecule has 7 nitrogen and oxygen atoms in total. The van der Waals surface area contributed by atoms with Crippen LogP contribution in [0.1, 0.15) is 13.3 Å². The fraction of sp³-hybridized carbons (Fsp3) is 0.400. The Morgan fingerprint density at radius 2 is 2.16 bits per heavy atom. The van der Waals surface area contributed by atoms with Crippen molar-refractivity contribution in [2.24, 2.45) is 5.73 Å². The lowest BCUT2D eigenvalue weighted by atomic mass is 10.2. The van der Waals surface area contributed by atoms with Gasteiger partial charge in [0.1, 0.15) is 0 Å². The maximum Gasteiger partial charge on any atom is 0.306 e. The topological polar surface area (TPSA) is 115 Å². The number of nitro groups is 1. The third-order valence-electron chi connectivity index (χ3n) is 2.48. The molecule has 0 aliphatic heterocycles. The molecule has 0 radical (unpaired) electrons.